The number of aliphatic hydroxyl groups is 11. The zero-order chi connectivity index (χ0) is 63.3. The summed E-state index contributed by atoms with van der Waals surface area (Å²) >= 11 is 0. The molecule has 3 fully saturated rings. The second-order valence-electron chi connectivity index (χ2n) is 25.7. The molecule has 514 valence electrons. The van der Waals surface area contributed by atoms with Crippen molar-refractivity contribution in [1.29, 1.82) is 0 Å². The molecule has 0 bridgehead atoms. The summed E-state index contributed by atoms with van der Waals surface area (Å²) in [5.74, 6) is -0.269. The molecule has 0 aromatic carbocycles. The highest BCUT2D eigenvalue weighted by Gasteiger charge is 2.53. The Labute approximate surface area is 525 Å². The van der Waals surface area contributed by atoms with Crippen molar-refractivity contribution in [3.63, 3.8) is 0 Å². The number of carbonyl (C=O) groups is 1. The lowest BCUT2D eigenvalue weighted by Gasteiger charge is -2.48. The molecule has 0 aromatic heterocycles. The minimum atomic E-state index is -1.98. The van der Waals surface area contributed by atoms with Gasteiger partial charge in [0.2, 0.25) is 5.91 Å². The number of hydrogen-bond donors (Lipinski definition) is 12. The zero-order valence-electron chi connectivity index (χ0n) is 54.3. The zero-order valence-corrected chi connectivity index (χ0v) is 54.3. The molecule has 3 aliphatic rings. The van der Waals surface area contributed by atoms with Crippen LogP contribution < -0.4 is 5.32 Å². The molecule has 0 aromatic rings. The van der Waals surface area contributed by atoms with Crippen LogP contribution in [0.1, 0.15) is 284 Å². The molecule has 1 amide bonds. The third-order valence-electron chi connectivity index (χ3n) is 18.1. The van der Waals surface area contributed by atoms with Gasteiger partial charge in [-0.15, -0.1) is 0 Å². The largest absolute Gasteiger partial charge is 0.394 e. The Bertz CT molecular complexity index is 1630. The molecule has 19 nitrogen and oxygen atoms in total. The van der Waals surface area contributed by atoms with Crippen molar-refractivity contribution in [2.75, 3.05) is 26.4 Å². The Morgan fingerprint density at radius 1 is 0.402 bits per heavy atom. The Kier molecular flexibility index (Phi) is 46.8. The highest BCUT2D eigenvalue weighted by Crippen LogP contribution is 2.33. The SMILES string of the molecule is CCCCCCCCCCCCCCCCCCCCCCCC/C=C/C(O)C(COC1OC(CO)C(OC2OC(CO)C(OC3OC(CO)C(O)C(O)C3O)C(O)C2O)C(O)C1O)NC(=O)CCCCCCCCCCCCCCCCCCCC. The number of unbranched alkanes of at least 4 members (excludes halogenated alkanes) is 39. The van der Waals surface area contributed by atoms with Gasteiger partial charge in [-0.3, -0.25) is 4.79 Å². The number of hydrogen-bond acceptors (Lipinski definition) is 18. The van der Waals surface area contributed by atoms with Crippen LogP contribution in [0.15, 0.2) is 12.2 Å². The van der Waals surface area contributed by atoms with Gasteiger partial charge in [-0.2, -0.15) is 0 Å². The molecule has 3 saturated heterocycles. The van der Waals surface area contributed by atoms with Crippen LogP contribution in [0.4, 0.5) is 0 Å². The average molecular weight is 1250 g/mol. The third kappa shape index (κ3) is 33.3. The lowest BCUT2D eigenvalue weighted by Crippen LogP contribution is -2.66. The lowest BCUT2D eigenvalue weighted by molar-refractivity contribution is -0.379. The van der Waals surface area contributed by atoms with E-state index in [2.05, 4.69) is 19.2 Å². The first kappa shape index (κ1) is 79.8. The minimum Gasteiger partial charge on any atom is -0.394 e. The van der Waals surface area contributed by atoms with Crippen molar-refractivity contribution in [2.24, 2.45) is 0 Å². The summed E-state index contributed by atoms with van der Waals surface area (Å²) in [4.78, 5) is 13.4. The van der Waals surface area contributed by atoms with E-state index in [0.717, 1.165) is 44.9 Å². The Morgan fingerprint density at radius 3 is 1.08 bits per heavy atom. The van der Waals surface area contributed by atoms with Gasteiger partial charge in [0.1, 0.15) is 73.2 Å². The molecule has 0 spiro atoms. The van der Waals surface area contributed by atoms with Crippen LogP contribution in [-0.4, -0.2) is 193 Å². The van der Waals surface area contributed by atoms with E-state index in [0.29, 0.717) is 6.42 Å². The van der Waals surface area contributed by atoms with E-state index in [9.17, 15) is 61.0 Å². The van der Waals surface area contributed by atoms with E-state index in [1.54, 1.807) is 6.08 Å². The molecule has 3 heterocycles. The summed E-state index contributed by atoms with van der Waals surface area (Å²) in [6.07, 6.45) is 29.0. The van der Waals surface area contributed by atoms with Gasteiger partial charge in [-0.05, 0) is 19.3 Å². The Balaban J connectivity index is 1.44. The molecule has 0 aliphatic carbocycles. The summed E-state index contributed by atoms with van der Waals surface area (Å²) in [6, 6.07) is -0.968. The molecule has 12 N–H and O–H groups in total. The van der Waals surface area contributed by atoms with E-state index in [4.69, 9.17) is 28.4 Å². The lowest BCUT2D eigenvalue weighted by atomic mass is 9.96. The van der Waals surface area contributed by atoms with Gasteiger partial charge < -0.3 is 89.9 Å². The number of allylic oxidation sites excluding steroid dienone is 1. The van der Waals surface area contributed by atoms with Crippen LogP contribution in [0.5, 0.6) is 0 Å². The highest BCUT2D eigenvalue weighted by molar-refractivity contribution is 5.76. The summed E-state index contributed by atoms with van der Waals surface area (Å²) in [7, 11) is 0. The van der Waals surface area contributed by atoms with Gasteiger partial charge in [0.25, 0.3) is 0 Å². The quantitative estimate of drug-likeness (QED) is 0.0199. The predicted molar refractivity (Wildman–Crippen MR) is 337 cm³/mol. The number of aliphatic hydroxyl groups excluding tert-OH is 11. The first-order valence-corrected chi connectivity index (χ1v) is 35.4. The van der Waals surface area contributed by atoms with Gasteiger partial charge >= 0.3 is 0 Å². The number of carbonyl (C=O) groups excluding carboxylic acids is 1. The van der Waals surface area contributed by atoms with Crippen LogP contribution in [0.2, 0.25) is 0 Å². The summed E-state index contributed by atoms with van der Waals surface area (Å²) in [5, 5.41) is 121. The maximum atomic E-state index is 13.4. The molecule has 17 unspecified atom stereocenters. The first-order valence-electron chi connectivity index (χ1n) is 35.4. The molecule has 19 heteroatoms. The van der Waals surface area contributed by atoms with Gasteiger partial charge in [0, 0.05) is 6.42 Å². The summed E-state index contributed by atoms with van der Waals surface area (Å²) in [6.45, 7) is 1.78. The van der Waals surface area contributed by atoms with Crippen LogP contribution >= 0.6 is 0 Å². The van der Waals surface area contributed by atoms with Gasteiger partial charge in [-0.1, -0.05) is 270 Å². The summed E-state index contributed by atoms with van der Waals surface area (Å²) < 4.78 is 34.4. The fraction of sp³-hybridized carbons (Fsp3) is 0.956. The minimum absolute atomic E-state index is 0.250. The maximum absolute atomic E-state index is 13.4. The standard InChI is InChI=1S/C68H129NO18/c1-3-5-7-9-11-13-15-17-19-21-23-24-25-26-27-28-29-31-33-35-37-39-41-43-45-52(73)51(69-56(74)46-44-42-40-38-36-34-32-30-22-20-18-16-14-12-10-8-6-4-2)50-82-66-62(80)59(77)64(54(48-71)84-66)87-68-63(81)60(78)65(55(49-72)85-68)86-67-61(79)58(76)57(75)53(47-70)83-67/h43,45,51-55,57-68,70-73,75-81H,3-42,44,46-50H2,1-2H3,(H,69,74)/b45-43+. The molecular formula is C68H129NO18. The maximum Gasteiger partial charge on any atom is 0.220 e. The van der Waals surface area contributed by atoms with Crippen LogP contribution in [0.3, 0.4) is 0 Å². The van der Waals surface area contributed by atoms with Gasteiger partial charge in [0.05, 0.1) is 38.6 Å². The second kappa shape index (κ2) is 51.0. The fourth-order valence-electron chi connectivity index (χ4n) is 12.3. The topological polar surface area (TPSA) is 307 Å². The van der Waals surface area contributed by atoms with Crippen molar-refractivity contribution in [2.45, 2.75) is 388 Å². The molecule has 87 heavy (non-hydrogen) atoms. The normalized spacial score (nSPS) is 28.6. The summed E-state index contributed by atoms with van der Waals surface area (Å²) in [5.41, 5.74) is 0. The molecule has 3 aliphatic heterocycles. The molecule has 0 saturated carbocycles. The predicted octanol–water partition coefficient (Wildman–Crippen LogP) is 9.28. The first-order chi connectivity index (χ1) is 42.3. The molecule has 0 radical (unpaired) electrons. The molecular weight excluding hydrogens is 1120 g/mol. The third-order valence-corrected chi connectivity index (χ3v) is 18.1. The second-order valence-corrected chi connectivity index (χ2v) is 25.7. The number of ether oxygens (including phenoxy) is 6. The van der Waals surface area contributed by atoms with Crippen LogP contribution in [0.25, 0.3) is 0 Å². The number of rotatable bonds is 55. The number of nitrogens with one attached hydrogen (secondary N) is 1. The Morgan fingerprint density at radius 2 is 0.713 bits per heavy atom. The van der Waals surface area contributed by atoms with Crippen molar-refractivity contribution in [3.05, 3.63) is 12.2 Å². The van der Waals surface area contributed by atoms with E-state index in [-0.39, 0.29) is 18.9 Å². The Hall–Kier alpha value is -1.47. The monoisotopic (exact) mass is 1250 g/mol. The van der Waals surface area contributed by atoms with Crippen molar-refractivity contribution in [3.8, 4) is 0 Å². The van der Waals surface area contributed by atoms with Gasteiger partial charge in [-0.25, -0.2) is 0 Å². The average Bonchev–Trinajstić information content (AvgIpc) is 2.88. The van der Waals surface area contributed by atoms with E-state index in [1.807, 2.05) is 6.08 Å². The molecule has 3 rings (SSSR count). The fourth-order valence-corrected chi connectivity index (χ4v) is 12.3. The van der Waals surface area contributed by atoms with Crippen molar-refractivity contribution < 1.29 is 89.4 Å². The van der Waals surface area contributed by atoms with E-state index in [1.165, 1.54) is 212 Å². The van der Waals surface area contributed by atoms with Crippen LogP contribution in [0, 0.1) is 0 Å². The van der Waals surface area contributed by atoms with Crippen molar-refractivity contribution >= 4 is 5.91 Å². The van der Waals surface area contributed by atoms with Crippen molar-refractivity contribution in [1.82, 2.24) is 5.32 Å². The van der Waals surface area contributed by atoms with E-state index >= 15 is 0 Å². The van der Waals surface area contributed by atoms with Crippen LogP contribution in [-0.2, 0) is 33.2 Å². The smallest absolute Gasteiger partial charge is 0.220 e. The highest BCUT2D eigenvalue weighted by atomic mass is 16.8. The molecule has 17 atom stereocenters. The number of amides is 1. The van der Waals surface area contributed by atoms with Gasteiger partial charge in [0.15, 0.2) is 18.9 Å². The van der Waals surface area contributed by atoms with E-state index < -0.39 is 124 Å².